The number of ether oxygens (including phenoxy) is 5. The molecule has 9 heteroatoms. The predicted molar refractivity (Wildman–Crippen MR) is 144 cm³/mol. The summed E-state index contributed by atoms with van der Waals surface area (Å²) in [4.78, 5) is 42.6. The van der Waals surface area contributed by atoms with Crippen molar-refractivity contribution < 1.29 is 38.1 Å². The summed E-state index contributed by atoms with van der Waals surface area (Å²) in [5.74, 6) is -2.68. The monoisotopic (exact) mass is 549 g/mol. The molecule has 4 rings (SSSR count). The van der Waals surface area contributed by atoms with Gasteiger partial charge in [0.1, 0.15) is 11.7 Å². The van der Waals surface area contributed by atoms with Crippen molar-refractivity contribution in [2.75, 3.05) is 20.6 Å². The Morgan fingerprint density at radius 2 is 1.72 bits per heavy atom. The molecule has 2 aliphatic heterocycles. The average molecular weight is 550 g/mol. The highest BCUT2D eigenvalue weighted by Gasteiger charge is 2.85. The van der Waals surface area contributed by atoms with Gasteiger partial charge in [0.05, 0.1) is 18.1 Å². The van der Waals surface area contributed by atoms with E-state index in [0.29, 0.717) is 13.0 Å². The zero-order chi connectivity index (χ0) is 29.4. The summed E-state index contributed by atoms with van der Waals surface area (Å²) >= 11 is 0. The Kier molecular flexibility index (Phi) is 7.24. The Balaban J connectivity index is 2.02. The summed E-state index contributed by atoms with van der Waals surface area (Å²) in [6, 6.07) is 0. The van der Waals surface area contributed by atoms with E-state index in [1.807, 2.05) is 25.9 Å². The van der Waals surface area contributed by atoms with Gasteiger partial charge in [0.25, 0.3) is 0 Å². The van der Waals surface area contributed by atoms with Crippen LogP contribution >= 0.6 is 0 Å². The van der Waals surface area contributed by atoms with Crippen LogP contribution in [0.15, 0.2) is 12.7 Å². The van der Waals surface area contributed by atoms with Gasteiger partial charge in [0.2, 0.25) is 0 Å². The predicted octanol–water partition coefficient (Wildman–Crippen LogP) is 3.82. The molecule has 0 aromatic carbocycles. The van der Waals surface area contributed by atoms with Gasteiger partial charge in [0, 0.05) is 31.2 Å². The first-order chi connectivity index (χ1) is 17.8. The highest BCUT2D eigenvalue weighted by molar-refractivity contribution is 5.93. The van der Waals surface area contributed by atoms with Crippen molar-refractivity contribution in [3.8, 4) is 0 Å². The third-order valence-electron chi connectivity index (χ3n) is 9.76. The molecule has 1 spiro atoms. The molecule has 2 aliphatic carbocycles. The minimum atomic E-state index is -1.55. The Morgan fingerprint density at radius 3 is 2.28 bits per heavy atom. The summed E-state index contributed by atoms with van der Waals surface area (Å²) in [5, 5.41) is 0. The van der Waals surface area contributed by atoms with E-state index in [0.717, 1.165) is 6.42 Å². The molecule has 9 nitrogen and oxygen atoms in total. The first kappa shape index (κ1) is 30.2. The number of esters is 2. The Labute approximate surface area is 232 Å². The Bertz CT molecular complexity index is 1050. The van der Waals surface area contributed by atoms with E-state index >= 15 is 0 Å². The number of carbonyl (C=O) groups excluding carboxylic acids is 3. The standard InChI is InChI=1S/C30H47NO8/c1-12-27(7)17-19(33)30-28(8)20(37-26(5,6)38-30)13-15-25(3,4)23(28)22(36-21(34)14-16-31(10)11)24(35-18(2)32)29(30,9)39-27/h12,20,22-24H,1,13-17H2,2-11H3/t20-,22-,23-,24-,27-,28-,29+,30-/m0/s1. The van der Waals surface area contributed by atoms with Crippen LogP contribution in [0, 0.1) is 16.7 Å². The number of nitrogens with zero attached hydrogens (tertiary/aromatic N) is 1. The normalized spacial score (nSPS) is 44.1. The van der Waals surface area contributed by atoms with Gasteiger partial charge in [-0.25, -0.2) is 0 Å². The van der Waals surface area contributed by atoms with Crippen LogP contribution in [0.3, 0.4) is 0 Å². The molecule has 8 atom stereocenters. The Hall–Kier alpha value is -1.81. The molecule has 0 bridgehead atoms. The van der Waals surface area contributed by atoms with Gasteiger partial charge in [0.15, 0.2) is 23.3 Å². The van der Waals surface area contributed by atoms with Gasteiger partial charge in [-0.15, -0.1) is 6.58 Å². The van der Waals surface area contributed by atoms with Crippen molar-refractivity contribution in [3.05, 3.63) is 12.7 Å². The summed E-state index contributed by atoms with van der Waals surface area (Å²) in [6.07, 6.45) is 0.847. The van der Waals surface area contributed by atoms with Crippen molar-refractivity contribution in [1.29, 1.82) is 0 Å². The summed E-state index contributed by atoms with van der Waals surface area (Å²) < 4.78 is 32.7. The minimum absolute atomic E-state index is 0.0394. The van der Waals surface area contributed by atoms with E-state index in [1.165, 1.54) is 6.92 Å². The average Bonchev–Trinajstić information content (AvgIpc) is 2.78. The lowest BCUT2D eigenvalue weighted by Crippen LogP contribution is -2.90. The zero-order valence-electron chi connectivity index (χ0n) is 25.3. The summed E-state index contributed by atoms with van der Waals surface area (Å²) in [7, 11) is 3.77. The summed E-state index contributed by atoms with van der Waals surface area (Å²) in [6.45, 7) is 19.2. The van der Waals surface area contributed by atoms with E-state index in [-0.39, 0.29) is 24.7 Å². The fourth-order valence-electron chi connectivity index (χ4n) is 8.41. The lowest BCUT2D eigenvalue weighted by atomic mass is 9.39. The number of hydrogen-bond donors (Lipinski definition) is 0. The maximum atomic E-state index is 14.7. The van der Waals surface area contributed by atoms with Crippen molar-refractivity contribution in [1.82, 2.24) is 4.90 Å². The molecule has 4 aliphatic rings. The molecular formula is C30H47NO8. The molecule has 2 saturated carbocycles. The second kappa shape index (κ2) is 9.36. The van der Waals surface area contributed by atoms with Crippen LogP contribution in [0.1, 0.15) is 81.1 Å². The number of ketones is 1. The van der Waals surface area contributed by atoms with Crippen LogP contribution in [0.4, 0.5) is 0 Å². The third kappa shape index (κ3) is 4.39. The van der Waals surface area contributed by atoms with Crippen molar-refractivity contribution >= 4 is 17.7 Å². The Morgan fingerprint density at radius 1 is 1.08 bits per heavy atom. The lowest BCUT2D eigenvalue weighted by molar-refractivity contribution is -0.462. The largest absolute Gasteiger partial charge is 0.458 e. The van der Waals surface area contributed by atoms with Crippen LogP contribution in [-0.4, -0.2) is 84.2 Å². The second-order valence-corrected chi connectivity index (χ2v) is 13.9. The van der Waals surface area contributed by atoms with Crippen LogP contribution < -0.4 is 0 Å². The number of hydrogen-bond acceptors (Lipinski definition) is 9. The second-order valence-electron chi connectivity index (χ2n) is 13.9. The number of Topliss-reactive ketones (excluding diaryl/α,β-unsaturated/α-hetero) is 1. The molecule has 4 fully saturated rings. The molecule has 2 heterocycles. The maximum Gasteiger partial charge on any atom is 0.307 e. The minimum Gasteiger partial charge on any atom is -0.458 e. The molecule has 0 aromatic rings. The van der Waals surface area contributed by atoms with Crippen LogP contribution in [0.5, 0.6) is 0 Å². The summed E-state index contributed by atoms with van der Waals surface area (Å²) in [5.41, 5.74) is -5.52. The first-order valence-electron chi connectivity index (χ1n) is 14.0. The molecule has 0 radical (unpaired) electrons. The van der Waals surface area contributed by atoms with E-state index in [1.54, 1.807) is 33.8 Å². The molecule has 0 unspecified atom stereocenters. The molecule has 0 N–H and O–H groups in total. The van der Waals surface area contributed by atoms with E-state index in [4.69, 9.17) is 23.7 Å². The van der Waals surface area contributed by atoms with E-state index in [9.17, 15) is 14.4 Å². The van der Waals surface area contributed by atoms with Crippen LogP contribution in [-0.2, 0) is 38.1 Å². The quantitative estimate of drug-likeness (QED) is 0.361. The van der Waals surface area contributed by atoms with Crippen LogP contribution in [0.2, 0.25) is 0 Å². The van der Waals surface area contributed by atoms with Gasteiger partial charge in [-0.2, -0.15) is 0 Å². The highest BCUT2D eigenvalue weighted by atomic mass is 16.7. The van der Waals surface area contributed by atoms with Gasteiger partial charge in [-0.1, -0.05) is 26.8 Å². The number of rotatable bonds is 6. The topological polar surface area (TPSA) is 101 Å². The first-order valence-corrected chi connectivity index (χ1v) is 14.0. The fourth-order valence-corrected chi connectivity index (χ4v) is 8.41. The van der Waals surface area contributed by atoms with Crippen LogP contribution in [0.25, 0.3) is 0 Å². The molecule has 2 saturated heterocycles. The fraction of sp³-hybridized carbons (Fsp3) is 0.833. The van der Waals surface area contributed by atoms with Gasteiger partial charge >= 0.3 is 11.9 Å². The third-order valence-corrected chi connectivity index (χ3v) is 9.76. The molecule has 0 amide bonds. The van der Waals surface area contributed by atoms with E-state index in [2.05, 4.69) is 20.4 Å². The molecule has 220 valence electrons. The van der Waals surface area contributed by atoms with E-state index < -0.39 is 63.5 Å². The lowest BCUT2D eigenvalue weighted by Gasteiger charge is -2.75. The van der Waals surface area contributed by atoms with Crippen molar-refractivity contribution in [3.63, 3.8) is 0 Å². The van der Waals surface area contributed by atoms with Gasteiger partial charge in [-0.3, -0.25) is 14.4 Å². The number of carbonyl (C=O) groups is 3. The maximum absolute atomic E-state index is 14.7. The molecule has 39 heavy (non-hydrogen) atoms. The van der Waals surface area contributed by atoms with Crippen molar-refractivity contribution in [2.24, 2.45) is 16.7 Å². The molecular weight excluding hydrogens is 502 g/mol. The highest BCUT2D eigenvalue weighted by Crippen LogP contribution is 2.71. The zero-order valence-corrected chi connectivity index (χ0v) is 25.3. The molecule has 0 aromatic heterocycles. The van der Waals surface area contributed by atoms with Gasteiger partial charge < -0.3 is 28.6 Å². The van der Waals surface area contributed by atoms with Crippen molar-refractivity contribution in [2.45, 2.75) is 122 Å². The smallest absolute Gasteiger partial charge is 0.307 e. The SMILES string of the molecule is C=C[C@@]1(C)CC(=O)[C@@]23OC(C)(C)O[C@H]4CCC(C)(C)[C@H]([C@H](OC(=O)CCN(C)C)[C@H](OC(C)=O)[C@@]2(C)O1)[C@]43C. The van der Waals surface area contributed by atoms with Gasteiger partial charge in [-0.05, 0) is 60.0 Å².